The van der Waals surface area contributed by atoms with Crippen LogP contribution in [0.3, 0.4) is 0 Å². The van der Waals surface area contributed by atoms with Gasteiger partial charge >= 0.3 is 0 Å². The van der Waals surface area contributed by atoms with Crippen molar-refractivity contribution in [3.05, 3.63) is 59.8 Å². The summed E-state index contributed by atoms with van der Waals surface area (Å²) in [6.07, 6.45) is 1.94. The Morgan fingerprint density at radius 3 is 2.75 bits per heavy atom. The van der Waals surface area contributed by atoms with Crippen LogP contribution in [0.1, 0.15) is 0 Å². The molecule has 0 fully saturated rings. The van der Waals surface area contributed by atoms with Crippen molar-refractivity contribution in [1.29, 1.82) is 0 Å². The molecule has 0 radical (unpaired) electrons. The van der Waals surface area contributed by atoms with E-state index in [1.807, 2.05) is 41.1 Å². The third-order valence-electron chi connectivity index (χ3n) is 3.74. The van der Waals surface area contributed by atoms with E-state index in [0.717, 1.165) is 10.9 Å². The maximum absolute atomic E-state index is 12.5. The van der Waals surface area contributed by atoms with Crippen LogP contribution >= 0.6 is 11.6 Å². The largest absolute Gasteiger partial charge is 0.495 e. The molecule has 0 amide bonds. The quantitative estimate of drug-likeness (QED) is 0.730. The Morgan fingerprint density at radius 1 is 1.17 bits per heavy atom. The average Bonchev–Trinajstić information content (AvgIpc) is 2.98. The molecular weight excluding hydrogens is 348 g/mol. The van der Waals surface area contributed by atoms with Crippen molar-refractivity contribution < 1.29 is 13.2 Å². The maximum Gasteiger partial charge on any atom is 0.244 e. The van der Waals surface area contributed by atoms with Crippen LogP contribution < -0.4 is 9.46 Å². The molecule has 1 aromatic heterocycles. The number of nitrogens with zero attached hydrogens (tertiary/aromatic N) is 1. The molecule has 2 aromatic carbocycles. The fourth-order valence-corrected chi connectivity index (χ4v) is 4.03. The van der Waals surface area contributed by atoms with E-state index in [1.165, 1.54) is 19.2 Å². The van der Waals surface area contributed by atoms with Crippen molar-refractivity contribution in [2.75, 3.05) is 13.7 Å². The lowest BCUT2D eigenvalue weighted by molar-refractivity contribution is 0.402. The third-order valence-corrected chi connectivity index (χ3v) is 5.46. The first-order valence-corrected chi connectivity index (χ1v) is 9.24. The van der Waals surface area contributed by atoms with Gasteiger partial charge in [0.15, 0.2) is 0 Å². The van der Waals surface area contributed by atoms with E-state index in [0.29, 0.717) is 11.6 Å². The fraction of sp³-hybridized carbons (Fsp3) is 0.176. The lowest BCUT2D eigenvalue weighted by Crippen LogP contribution is -2.27. The average molecular weight is 365 g/mol. The smallest absolute Gasteiger partial charge is 0.244 e. The van der Waals surface area contributed by atoms with Crippen LogP contribution in [0.2, 0.25) is 5.02 Å². The Kier molecular flexibility index (Phi) is 4.80. The molecule has 0 saturated heterocycles. The molecule has 126 valence electrons. The zero-order chi connectivity index (χ0) is 17.2. The van der Waals surface area contributed by atoms with E-state index in [1.54, 1.807) is 6.07 Å². The molecule has 1 heterocycles. The minimum absolute atomic E-state index is 0.0369. The van der Waals surface area contributed by atoms with E-state index < -0.39 is 10.0 Å². The summed E-state index contributed by atoms with van der Waals surface area (Å²) < 4.78 is 34.7. The van der Waals surface area contributed by atoms with Crippen molar-refractivity contribution in [2.45, 2.75) is 11.4 Å². The Bertz CT molecular complexity index is 967. The minimum Gasteiger partial charge on any atom is -0.495 e. The number of fused-ring (bicyclic) bond motifs is 1. The van der Waals surface area contributed by atoms with Crippen LogP contribution in [-0.4, -0.2) is 26.6 Å². The summed E-state index contributed by atoms with van der Waals surface area (Å²) in [5, 5.41) is 1.46. The molecule has 0 bridgehead atoms. The van der Waals surface area contributed by atoms with E-state index >= 15 is 0 Å². The molecule has 0 spiro atoms. The summed E-state index contributed by atoms with van der Waals surface area (Å²) in [7, 11) is -2.28. The number of benzene rings is 2. The Balaban J connectivity index is 1.75. The van der Waals surface area contributed by atoms with E-state index in [2.05, 4.69) is 4.72 Å². The number of halogens is 1. The summed E-state index contributed by atoms with van der Waals surface area (Å²) in [4.78, 5) is 0.0369. The summed E-state index contributed by atoms with van der Waals surface area (Å²) in [5.74, 6) is 0.262. The molecule has 0 atom stereocenters. The summed E-state index contributed by atoms with van der Waals surface area (Å²) in [6.45, 7) is 0.784. The van der Waals surface area contributed by atoms with Gasteiger partial charge in [0.25, 0.3) is 0 Å². The highest BCUT2D eigenvalue weighted by atomic mass is 35.5. The van der Waals surface area contributed by atoms with Gasteiger partial charge in [0.05, 0.1) is 7.11 Å². The van der Waals surface area contributed by atoms with Crippen molar-refractivity contribution in [3.63, 3.8) is 0 Å². The Morgan fingerprint density at radius 2 is 1.96 bits per heavy atom. The topological polar surface area (TPSA) is 60.3 Å². The molecule has 3 rings (SSSR count). The van der Waals surface area contributed by atoms with E-state index in [9.17, 15) is 8.42 Å². The zero-order valence-corrected chi connectivity index (χ0v) is 14.6. The lowest BCUT2D eigenvalue weighted by atomic mass is 10.2. The van der Waals surface area contributed by atoms with Gasteiger partial charge in [0, 0.05) is 29.8 Å². The van der Waals surface area contributed by atoms with Crippen LogP contribution in [0.15, 0.2) is 59.6 Å². The predicted octanol–water partition coefficient (Wildman–Crippen LogP) is 3.28. The molecule has 5 nitrogen and oxygen atoms in total. The van der Waals surface area contributed by atoms with Crippen LogP contribution in [0.25, 0.3) is 10.9 Å². The molecule has 0 aliphatic rings. The van der Waals surface area contributed by atoms with Crippen LogP contribution in [0, 0.1) is 0 Å². The van der Waals surface area contributed by atoms with E-state index in [4.69, 9.17) is 16.3 Å². The Hall–Kier alpha value is -2.02. The van der Waals surface area contributed by atoms with Gasteiger partial charge in [0.2, 0.25) is 10.0 Å². The van der Waals surface area contributed by atoms with Gasteiger partial charge in [0.1, 0.15) is 10.6 Å². The van der Waals surface area contributed by atoms with Gasteiger partial charge in [-0.3, -0.25) is 0 Å². The molecule has 0 unspecified atom stereocenters. The van der Waals surface area contributed by atoms with Crippen LogP contribution in [-0.2, 0) is 16.6 Å². The highest BCUT2D eigenvalue weighted by Gasteiger charge is 2.19. The number of hydrogen-bond acceptors (Lipinski definition) is 3. The second-order valence-corrected chi connectivity index (χ2v) is 7.43. The monoisotopic (exact) mass is 364 g/mol. The molecule has 24 heavy (non-hydrogen) atoms. The molecular formula is C17H17ClN2O3S. The first kappa shape index (κ1) is 16.8. The summed E-state index contributed by atoms with van der Waals surface area (Å²) in [6, 6.07) is 14.5. The van der Waals surface area contributed by atoms with E-state index in [-0.39, 0.29) is 17.2 Å². The number of nitrogens with one attached hydrogen (secondary N) is 1. The molecule has 1 N–H and O–H groups in total. The molecule has 0 saturated carbocycles. The van der Waals surface area contributed by atoms with Crippen molar-refractivity contribution in [2.24, 2.45) is 0 Å². The molecule has 0 aliphatic heterocycles. The first-order valence-electron chi connectivity index (χ1n) is 7.38. The van der Waals surface area contributed by atoms with Gasteiger partial charge < -0.3 is 9.30 Å². The van der Waals surface area contributed by atoms with Gasteiger partial charge in [-0.1, -0.05) is 29.8 Å². The number of hydrogen-bond donors (Lipinski definition) is 1. The first-order chi connectivity index (χ1) is 11.5. The predicted molar refractivity (Wildman–Crippen MR) is 95.1 cm³/mol. The van der Waals surface area contributed by atoms with Gasteiger partial charge in [-0.05, 0) is 35.7 Å². The van der Waals surface area contributed by atoms with Crippen molar-refractivity contribution in [3.8, 4) is 5.75 Å². The molecule has 0 aliphatic carbocycles. The molecule has 7 heteroatoms. The minimum atomic E-state index is -3.70. The van der Waals surface area contributed by atoms with Gasteiger partial charge in [-0.2, -0.15) is 0 Å². The third kappa shape index (κ3) is 3.40. The highest BCUT2D eigenvalue weighted by Crippen LogP contribution is 2.26. The lowest BCUT2D eigenvalue weighted by Gasteiger charge is -2.12. The number of sulfonamides is 1. The second-order valence-electron chi connectivity index (χ2n) is 5.26. The number of ether oxygens (including phenoxy) is 1. The SMILES string of the molecule is COc1ccc(Cl)cc1S(=O)(=O)NCCn1ccc2ccccc21. The zero-order valence-electron chi connectivity index (χ0n) is 13.1. The van der Waals surface area contributed by atoms with Crippen molar-refractivity contribution >= 4 is 32.5 Å². The fourth-order valence-electron chi connectivity index (χ4n) is 2.57. The van der Waals surface area contributed by atoms with Gasteiger partial charge in [-0.25, -0.2) is 13.1 Å². The number of aromatic nitrogens is 1. The number of rotatable bonds is 6. The normalized spacial score (nSPS) is 11.8. The highest BCUT2D eigenvalue weighted by molar-refractivity contribution is 7.89. The van der Waals surface area contributed by atoms with Crippen LogP contribution in [0.4, 0.5) is 0 Å². The summed E-state index contributed by atoms with van der Waals surface area (Å²) in [5.41, 5.74) is 1.07. The van der Waals surface area contributed by atoms with Gasteiger partial charge in [-0.15, -0.1) is 0 Å². The molecule has 3 aromatic rings. The maximum atomic E-state index is 12.5. The standard InChI is InChI=1S/C17H17ClN2O3S/c1-23-16-7-6-14(18)12-17(16)24(21,22)19-9-11-20-10-8-13-4-2-3-5-15(13)20/h2-8,10,12,19H,9,11H2,1H3. The van der Waals surface area contributed by atoms with Crippen molar-refractivity contribution in [1.82, 2.24) is 9.29 Å². The van der Waals surface area contributed by atoms with Crippen LogP contribution in [0.5, 0.6) is 5.75 Å². The second kappa shape index (κ2) is 6.84. The number of para-hydroxylation sites is 1. The number of methoxy groups -OCH3 is 1. The summed E-state index contributed by atoms with van der Waals surface area (Å²) >= 11 is 5.91. The Labute approximate surface area is 145 Å².